The van der Waals surface area contributed by atoms with Crippen LogP contribution in [0.25, 0.3) is 11.0 Å². The lowest BCUT2D eigenvalue weighted by atomic mass is 10.2. The zero-order valence-corrected chi connectivity index (χ0v) is 16.7. The van der Waals surface area contributed by atoms with Crippen LogP contribution in [0.2, 0.25) is 10.0 Å². The van der Waals surface area contributed by atoms with Gasteiger partial charge in [-0.05, 0) is 23.3 Å². The maximum absolute atomic E-state index is 12.4. The van der Waals surface area contributed by atoms with E-state index in [-0.39, 0.29) is 11.0 Å². The van der Waals surface area contributed by atoms with E-state index in [1.54, 1.807) is 16.7 Å². The van der Waals surface area contributed by atoms with E-state index < -0.39 is 11.1 Å². The van der Waals surface area contributed by atoms with Crippen LogP contribution in [0.4, 0.5) is 0 Å². The molecule has 0 unspecified atom stereocenters. The van der Waals surface area contributed by atoms with Crippen LogP contribution >= 0.6 is 35.0 Å². The fourth-order valence-corrected chi connectivity index (χ4v) is 4.42. The molecule has 0 saturated heterocycles. The number of H-pyrrole nitrogens is 2. The van der Waals surface area contributed by atoms with E-state index in [0.717, 1.165) is 11.1 Å². The van der Waals surface area contributed by atoms with Crippen LogP contribution in [0.1, 0.15) is 11.1 Å². The van der Waals surface area contributed by atoms with Gasteiger partial charge in [-0.2, -0.15) is 0 Å². The van der Waals surface area contributed by atoms with Crippen LogP contribution in [0.3, 0.4) is 0 Å². The van der Waals surface area contributed by atoms with Crippen LogP contribution in [0.5, 0.6) is 0 Å². The molecular weight excluding hydrogens is 419 g/mol. The molecule has 0 aliphatic carbocycles. The van der Waals surface area contributed by atoms with E-state index in [1.165, 1.54) is 11.8 Å². The van der Waals surface area contributed by atoms with Crippen molar-refractivity contribution in [2.75, 3.05) is 0 Å². The summed E-state index contributed by atoms with van der Waals surface area (Å²) in [5.41, 5.74) is 1.41. The average molecular weight is 433 g/mol. The van der Waals surface area contributed by atoms with Crippen molar-refractivity contribution in [1.82, 2.24) is 19.7 Å². The molecule has 0 radical (unpaired) electrons. The Balaban J connectivity index is 1.77. The third kappa shape index (κ3) is 3.73. The van der Waals surface area contributed by atoms with Gasteiger partial charge in [-0.15, -0.1) is 0 Å². The molecule has 142 valence electrons. The molecule has 2 aromatic carbocycles. The summed E-state index contributed by atoms with van der Waals surface area (Å²) < 4.78 is 1.76. The largest absolute Gasteiger partial charge is 0.310 e. The lowest BCUT2D eigenvalue weighted by Gasteiger charge is -2.09. The van der Waals surface area contributed by atoms with Crippen molar-refractivity contribution in [3.8, 4) is 0 Å². The Morgan fingerprint density at radius 1 is 1.00 bits per heavy atom. The van der Waals surface area contributed by atoms with Gasteiger partial charge in [0.15, 0.2) is 10.7 Å². The van der Waals surface area contributed by atoms with Crippen LogP contribution in [0, 0.1) is 0 Å². The number of thioether (sulfide) groups is 1. The Hall–Kier alpha value is -2.48. The molecule has 0 amide bonds. The highest BCUT2D eigenvalue weighted by Gasteiger charge is 2.18. The molecule has 4 aromatic rings. The second-order valence-electron chi connectivity index (χ2n) is 6.10. The number of nitrogens with zero attached hydrogens (tertiary/aromatic N) is 2. The monoisotopic (exact) mass is 432 g/mol. The number of imidazole rings is 1. The first-order valence-electron chi connectivity index (χ1n) is 8.35. The zero-order chi connectivity index (χ0) is 19.7. The minimum absolute atomic E-state index is 0.115. The molecule has 0 fully saturated rings. The molecule has 0 spiro atoms. The summed E-state index contributed by atoms with van der Waals surface area (Å²) in [6, 6.07) is 15.0. The molecule has 28 heavy (non-hydrogen) atoms. The molecule has 0 bridgehead atoms. The number of benzene rings is 2. The van der Waals surface area contributed by atoms with E-state index in [0.29, 0.717) is 27.5 Å². The summed E-state index contributed by atoms with van der Waals surface area (Å²) >= 11 is 13.6. The number of aromatic amines is 2. The Morgan fingerprint density at radius 3 is 2.50 bits per heavy atom. The van der Waals surface area contributed by atoms with Gasteiger partial charge >= 0.3 is 0 Å². The highest BCUT2D eigenvalue weighted by atomic mass is 35.5. The minimum atomic E-state index is -0.437. The Bertz CT molecular complexity index is 1260. The van der Waals surface area contributed by atoms with Gasteiger partial charge in [0.05, 0.1) is 6.54 Å². The second kappa shape index (κ2) is 7.87. The molecule has 0 saturated carbocycles. The summed E-state index contributed by atoms with van der Waals surface area (Å²) in [5.74, 6) is 0.518. The third-order valence-electron chi connectivity index (χ3n) is 4.21. The molecule has 2 aromatic heterocycles. The predicted molar refractivity (Wildman–Crippen MR) is 113 cm³/mol. The first kappa shape index (κ1) is 18.9. The van der Waals surface area contributed by atoms with Crippen LogP contribution in [-0.4, -0.2) is 19.7 Å². The first-order valence-corrected chi connectivity index (χ1v) is 10.1. The lowest BCUT2D eigenvalue weighted by molar-refractivity contribution is 0.727. The summed E-state index contributed by atoms with van der Waals surface area (Å²) in [4.78, 5) is 29.0. The van der Waals surface area contributed by atoms with Crippen molar-refractivity contribution in [3.63, 3.8) is 0 Å². The zero-order valence-electron chi connectivity index (χ0n) is 14.4. The molecule has 0 atom stereocenters. The van der Waals surface area contributed by atoms with Crippen molar-refractivity contribution in [3.05, 3.63) is 90.4 Å². The number of nitrogens with one attached hydrogen (secondary N) is 2. The van der Waals surface area contributed by atoms with Gasteiger partial charge in [-0.1, -0.05) is 71.4 Å². The topological polar surface area (TPSA) is 83.5 Å². The second-order valence-corrected chi connectivity index (χ2v) is 7.88. The van der Waals surface area contributed by atoms with Gasteiger partial charge in [0.1, 0.15) is 5.52 Å². The number of rotatable bonds is 5. The highest BCUT2D eigenvalue weighted by molar-refractivity contribution is 7.98. The molecule has 6 nitrogen and oxygen atoms in total. The third-order valence-corrected chi connectivity index (χ3v) is 5.82. The number of hydrogen-bond donors (Lipinski definition) is 2. The maximum Gasteiger partial charge on any atom is 0.290 e. The SMILES string of the molecule is O=c1[nH][nH]c(=O)c2c1nc(SCc1ccc(Cl)cc1Cl)n2Cc1ccccc1. The van der Waals surface area contributed by atoms with Crippen molar-refractivity contribution in [2.45, 2.75) is 17.5 Å². The van der Waals surface area contributed by atoms with Gasteiger partial charge in [0, 0.05) is 15.8 Å². The van der Waals surface area contributed by atoms with Crippen LogP contribution < -0.4 is 11.1 Å². The summed E-state index contributed by atoms with van der Waals surface area (Å²) in [7, 11) is 0. The van der Waals surface area contributed by atoms with Crippen LogP contribution in [0.15, 0.2) is 63.3 Å². The van der Waals surface area contributed by atoms with Gasteiger partial charge in [0.25, 0.3) is 11.1 Å². The normalized spacial score (nSPS) is 11.2. The predicted octanol–water partition coefficient (Wildman–Crippen LogP) is 4.06. The minimum Gasteiger partial charge on any atom is -0.310 e. The lowest BCUT2D eigenvalue weighted by Crippen LogP contribution is -2.20. The number of fused-ring (bicyclic) bond motifs is 1. The van der Waals surface area contributed by atoms with E-state index in [4.69, 9.17) is 23.2 Å². The Morgan fingerprint density at radius 2 is 1.75 bits per heavy atom. The van der Waals surface area contributed by atoms with Gasteiger partial charge in [-0.25, -0.2) is 4.98 Å². The molecule has 0 aliphatic heterocycles. The molecule has 0 aliphatic rings. The smallest absolute Gasteiger partial charge is 0.290 e. The quantitative estimate of drug-likeness (QED) is 0.465. The average Bonchev–Trinajstić information content (AvgIpc) is 3.04. The first-order chi connectivity index (χ1) is 13.5. The van der Waals surface area contributed by atoms with Crippen molar-refractivity contribution >= 4 is 46.0 Å². The number of hydrogen-bond acceptors (Lipinski definition) is 4. The van der Waals surface area contributed by atoms with Crippen molar-refractivity contribution < 1.29 is 0 Å². The van der Waals surface area contributed by atoms with Crippen molar-refractivity contribution in [2.24, 2.45) is 0 Å². The van der Waals surface area contributed by atoms with Crippen molar-refractivity contribution in [1.29, 1.82) is 0 Å². The number of aromatic nitrogens is 4. The number of halogens is 2. The molecule has 4 rings (SSSR count). The van der Waals surface area contributed by atoms with Gasteiger partial charge in [-0.3, -0.25) is 19.8 Å². The summed E-state index contributed by atoms with van der Waals surface area (Å²) in [6.07, 6.45) is 0. The van der Waals surface area contributed by atoms with E-state index in [2.05, 4.69) is 15.2 Å². The fraction of sp³-hybridized carbons (Fsp3) is 0.105. The maximum atomic E-state index is 12.4. The molecular formula is C19H14Cl2N4O2S. The van der Waals surface area contributed by atoms with Gasteiger partial charge in [0.2, 0.25) is 0 Å². The van der Waals surface area contributed by atoms with Crippen LogP contribution in [-0.2, 0) is 12.3 Å². The highest BCUT2D eigenvalue weighted by Crippen LogP contribution is 2.29. The summed E-state index contributed by atoms with van der Waals surface area (Å²) in [6.45, 7) is 0.417. The fourth-order valence-electron chi connectivity index (χ4n) is 2.86. The summed E-state index contributed by atoms with van der Waals surface area (Å²) in [5, 5.41) is 6.38. The van der Waals surface area contributed by atoms with E-state index >= 15 is 0 Å². The molecule has 9 heteroatoms. The standard InChI is InChI=1S/C19H14Cl2N4O2S/c20-13-7-6-12(14(21)8-13)10-28-19-22-15-16(18(27)24-23-17(15)26)25(19)9-11-4-2-1-3-5-11/h1-8H,9-10H2,(H,23,26)(H,24,27). The van der Waals surface area contributed by atoms with E-state index in [1.807, 2.05) is 36.4 Å². The van der Waals surface area contributed by atoms with E-state index in [9.17, 15) is 9.59 Å². The Labute approximate surface area is 173 Å². The van der Waals surface area contributed by atoms with Gasteiger partial charge < -0.3 is 4.57 Å². The Kier molecular flexibility index (Phi) is 5.30. The molecule has 2 heterocycles. The molecule has 2 N–H and O–H groups in total.